The largest absolute Gasteiger partial charge is 0.370 e. The monoisotopic (exact) mass is 282 g/mol. The average Bonchev–Trinajstić information content (AvgIpc) is 3.11. The molecule has 0 aromatic rings. The molecule has 0 saturated carbocycles. The highest BCUT2D eigenvalue weighted by Gasteiger charge is 2.36. The summed E-state index contributed by atoms with van der Waals surface area (Å²) >= 11 is 0. The minimum absolute atomic E-state index is 0.521. The molecule has 2 atom stereocenters. The Morgan fingerprint density at radius 2 is 1.20 bits per heavy atom. The lowest BCUT2D eigenvalue weighted by atomic mass is 9.89. The molecule has 20 heavy (non-hydrogen) atoms. The molecule has 1 fully saturated rings. The third-order valence-corrected chi connectivity index (χ3v) is 4.45. The fourth-order valence-electron chi connectivity index (χ4n) is 2.99. The first kappa shape index (κ1) is 18.0. The second-order valence-electron chi connectivity index (χ2n) is 7.93. The van der Waals surface area contributed by atoms with Crippen LogP contribution in [0.1, 0.15) is 105 Å². The zero-order valence-corrected chi connectivity index (χ0v) is 14.5. The zero-order valence-electron chi connectivity index (χ0n) is 14.5. The standard InChI is InChI=1S/C19H38O/c1-5-6-7-11-14-17-18(20-17)15-12-9-8-10-13-16-19(2,3)4/h17-18H,5-16H2,1-4H3. The van der Waals surface area contributed by atoms with Gasteiger partial charge in [0.2, 0.25) is 0 Å². The van der Waals surface area contributed by atoms with Crippen LogP contribution in [0.15, 0.2) is 0 Å². The van der Waals surface area contributed by atoms with Crippen LogP contribution in [0.4, 0.5) is 0 Å². The predicted octanol–water partition coefficient (Wildman–Crippen LogP) is 6.50. The Labute approximate surface area is 127 Å². The molecule has 0 amide bonds. The summed E-state index contributed by atoms with van der Waals surface area (Å²) < 4.78 is 5.77. The van der Waals surface area contributed by atoms with E-state index in [4.69, 9.17) is 4.74 Å². The second kappa shape index (κ2) is 9.82. The van der Waals surface area contributed by atoms with Crippen LogP contribution in [0, 0.1) is 5.41 Å². The lowest BCUT2D eigenvalue weighted by Gasteiger charge is -2.17. The van der Waals surface area contributed by atoms with Gasteiger partial charge in [0.1, 0.15) is 0 Å². The normalized spacial score (nSPS) is 22.2. The van der Waals surface area contributed by atoms with Crippen LogP contribution < -0.4 is 0 Å². The molecule has 0 bridgehead atoms. The first-order chi connectivity index (χ1) is 9.53. The number of unbranched alkanes of at least 4 members (excludes halogenated alkanes) is 7. The van der Waals surface area contributed by atoms with Crippen LogP contribution in [0.25, 0.3) is 0 Å². The van der Waals surface area contributed by atoms with Gasteiger partial charge in [-0.05, 0) is 24.7 Å². The summed E-state index contributed by atoms with van der Waals surface area (Å²) in [6.07, 6.45) is 17.8. The topological polar surface area (TPSA) is 12.5 Å². The molecular weight excluding hydrogens is 244 g/mol. The minimum Gasteiger partial charge on any atom is -0.370 e. The van der Waals surface area contributed by atoms with E-state index in [1.807, 2.05) is 0 Å². The summed E-state index contributed by atoms with van der Waals surface area (Å²) in [5.74, 6) is 0. The number of hydrogen-bond acceptors (Lipinski definition) is 1. The van der Waals surface area contributed by atoms with Gasteiger partial charge in [0, 0.05) is 0 Å². The molecular formula is C19H38O. The van der Waals surface area contributed by atoms with Gasteiger partial charge in [0.05, 0.1) is 12.2 Å². The van der Waals surface area contributed by atoms with E-state index in [-0.39, 0.29) is 0 Å². The van der Waals surface area contributed by atoms with E-state index >= 15 is 0 Å². The lowest BCUT2D eigenvalue weighted by Crippen LogP contribution is -2.03. The van der Waals surface area contributed by atoms with Crippen LogP contribution >= 0.6 is 0 Å². The molecule has 0 radical (unpaired) electrons. The second-order valence-corrected chi connectivity index (χ2v) is 7.93. The van der Waals surface area contributed by atoms with E-state index in [9.17, 15) is 0 Å². The summed E-state index contributed by atoms with van der Waals surface area (Å²) in [5, 5.41) is 0. The third-order valence-electron chi connectivity index (χ3n) is 4.45. The van der Waals surface area contributed by atoms with Gasteiger partial charge < -0.3 is 4.74 Å². The predicted molar refractivity (Wildman–Crippen MR) is 89.2 cm³/mol. The van der Waals surface area contributed by atoms with Gasteiger partial charge in [0.25, 0.3) is 0 Å². The van der Waals surface area contributed by atoms with Crippen molar-refractivity contribution in [3.8, 4) is 0 Å². The van der Waals surface area contributed by atoms with E-state index in [0.29, 0.717) is 17.6 Å². The van der Waals surface area contributed by atoms with Gasteiger partial charge in [-0.25, -0.2) is 0 Å². The van der Waals surface area contributed by atoms with Gasteiger partial charge >= 0.3 is 0 Å². The third kappa shape index (κ3) is 9.80. The van der Waals surface area contributed by atoms with Gasteiger partial charge in [0.15, 0.2) is 0 Å². The maximum Gasteiger partial charge on any atom is 0.0841 e. The Morgan fingerprint density at radius 1 is 0.700 bits per heavy atom. The molecule has 1 aliphatic heterocycles. The minimum atomic E-state index is 0.521. The van der Waals surface area contributed by atoms with Crippen molar-refractivity contribution in [1.82, 2.24) is 0 Å². The maximum absolute atomic E-state index is 5.77. The highest BCUT2D eigenvalue weighted by Crippen LogP contribution is 2.32. The van der Waals surface area contributed by atoms with Crippen LogP contribution in [0.3, 0.4) is 0 Å². The summed E-state index contributed by atoms with van der Waals surface area (Å²) in [7, 11) is 0. The van der Waals surface area contributed by atoms with Crippen molar-refractivity contribution in [1.29, 1.82) is 0 Å². The number of ether oxygens (including phenoxy) is 1. The molecule has 0 aliphatic carbocycles. The Kier molecular flexibility index (Phi) is 8.84. The molecule has 1 saturated heterocycles. The molecule has 1 heterocycles. The van der Waals surface area contributed by atoms with Crippen molar-refractivity contribution in [3.05, 3.63) is 0 Å². The molecule has 1 rings (SSSR count). The molecule has 0 aromatic heterocycles. The molecule has 0 N–H and O–H groups in total. The highest BCUT2D eigenvalue weighted by atomic mass is 16.6. The van der Waals surface area contributed by atoms with E-state index in [2.05, 4.69) is 27.7 Å². The summed E-state index contributed by atoms with van der Waals surface area (Å²) in [6, 6.07) is 0. The maximum atomic E-state index is 5.77. The molecule has 2 unspecified atom stereocenters. The Balaban J connectivity index is 1.80. The molecule has 1 heteroatoms. The van der Waals surface area contributed by atoms with Gasteiger partial charge in [-0.15, -0.1) is 0 Å². The van der Waals surface area contributed by atoms with E-state index < -0.39 is 0 Å². The molecule has 1 nitrogen and oxygen atoms in total. The lowest BCUT2D eigenvalue weighted by molar-refractivity contribution is 0.344. The van der Waals surface area contributed by atoms with Crippen molar-refractivity contribution in [2.45, 2.75) is 117 Å². The number of hydrogen-bond donors (Lipinski definition) is 0. The molecule has 120 valence electrons. The van der Waals surface area contributed by atoms with Crippen LogP contribution in [0.5, 0.6) is 0 Å². The van der Waals surface area contributed by atoms with E-state index in [1.165, 1.54) is 77.0 Å². The highest BCUT2D eigenvalue weighted by molar-refractivity contribution is 4.84. The Morgan fingerprint density at radius 3 is 1.75 bits per heavy atom. The summed E-state index contributed by atoms with van der Waals surface area (Å²) in [6.45, 7) is 9.31. The van der Waals surface area contributed by atoms with Crippen molar-refractivity contribution in [2.24, 2.45) is 5.41 Å². The summed E-state index contributed by atoms with van der Waals surface area (Å²) in [4.78, 5) is 0. The molecule has 1 aliphatic rings. The van der Waals surface area contributed by atoms with Crippen LogP contribution in [-0.4, -0.2) is 12.2 Å². The van der Waals surface area contributed by atoms with Crippen molar-refractivity contribution < 1.29 is 4.74 Å². The number of epoxide rings is 1. The van der Waals surface area contributed by atoms with Gasteiger partial charge in [-0.1, -0.05) is 85.5 Å². The van der Waals surface area contributed by atoms with E-state index in [1.54, 1.807) is 0 Å². The van der Waals surface area contributed by atoms with Crippen molar-refractivity contribution >= 4 is 0 Å². The SMILES string of the molecule is CCCCCCC1OC1CCCCCCCC(C)(C)C. The number of rotatable bonds is 12. The quantitative estimate of drug-likeness (QED) is 0.294. The molecule has 0 spiro atoms. The first-order valence-electron chi connectivity index (χ1n) is 9.18. The first-order valence-corrected chi connectivity index (χ1v) is 9.18. The summed E-state index contributed by atoms with van der Waals surface area (Å²) in [5.41, 5.74) is 0.521. The Hall–Kier alpha value is -0.0400. The molecule has 0 aromatic carbocycles. The zero-order chi connectivity index (χ0) is 14.8. The van der Waals surface area contributed by atoms with Crippen LogP contribution in [0.2, 0.25) is 0 Å². The smallest absolute Gasteiger partial charge is 0.0841 e. The fraction of sp³-hybridized carbons (Fsp3) is 1.00. The van der Waals surface area contributed by atoms with Crippen molar-refractivity contribution in [3.63, 3.8) is 0 Å². The van der Waals surface area contributed by atoms with Gasteiger partial charge in [-0.2, -0.15) is 0 Å². The van der Waals surface area contributed by atoms with Gasteiger partial charge in [-0.3, -0.25) is 0 Å². The van der Waals surface area contributed by atoms with E-state index in [0.717, 1.165) is 0 Å². The average molecular weight is 283 g/mol. The van der Waals surface area contributed by atoms with Crippen LogP contribution in [-0.2, 0) is 4.74 Å². The Bertz CT molecular complexity index is 228. The fourth-order valence-corrected chi connectivity index (χ4v) is 2.99. The van der Waals surface area contributed by atoms with Crippen molar-refractivity contribution in [2.75, 3.05) is 0 Å².